The van der Waals surface area contributed by atoms with E-state index in [1.54, 1.807) is 12.1 Å². The number of pyridine rings is 1. The zero-order valence-corrected chi connectivity index (χ0v) is 19.2. The molecule has 0 aliphatic carbocycles. The lowest BCUT2D eigenvalue weighted by atomic mass is 10.2. The minimum atomic E-state index is -4.56. The van der Waals surface area contributed by atoms with Crippen molar-refractivity contribution >= 4 is 34.2 Å². The number of benzene rings is 2. The average Bonchev–Trinajstić information content (AvgIpc) is 2.88. The van der Waals surface area contributed by atoms with Gasteiger partial charge in [-0.3, -0.25) is 9.59 Å². The molecule has 2 N–H and O–H groups in total. The zero-order chi connectivity index (χ0) is 26.6. The maximum atomic E-state index is 12.9. The molecule has 188 valence electrons. The van der Waals surface area contributed by atoms with Crippen LogP contribution in [0.1, 0.15) is 15.9 Å². The number of aromatic nitrogens is 3. The van der Waals surface area contributed by atoms with Gasteiger partial charge in [0.05, 0.1) is 29.3 Å². The fraction of sp³-hybridized carbons (Fsp3) is 0.0800. The van der Waals surface area contributed by atoms with E-state index >= 15 is 0 Å². The Labute approximate surface area is 208 Å². The molecule has 37 heavy (non-hydrogen) atoms. The Hall–Kier alpha value is -5.00. The number of hydrogen-bond donors (Lipinski definition) is 2. The summed E-state index contributed by atoms with van der Waals surface area (Å²) in [7, 11) is 1.45. The van der Waals surface area contributed by atoms with E-state index in [0.717, 1.165) is 24.4 Å². The van der Waals surface area contributed by atoms with Gasteiger partial charge in [-0.1, -0.05) is 6.58 Å². The number of anilines is 2. The Bertz CT molecular complexity index is 1490. The number of hydrogen-bond acceptors (Lipinski definition) is 7. The first kappa shape index (κ1) is 25.1. The summed E-state index contributed by atoms with van der Waals surface area (Å²) in [6.45, 7) is 3.42. The molecule has 2 aromatic carbocycles. The van der Waals surface area contributed by atoms with E-state index in [1.807, 2.05) is 0 Å². The number of nitrogens with one attached hydrogen (secondary N) is 2. The molecule has 4 rings (SSSR count). The first-order valence-electron chi connectivity index (χ1n) is 10.6. The van der Waals surface area contributed by atoms with E-state index in [-0.39, 0.29) is 17.3 Å². The Kier molecular flexibility index (Phi) is 7.00. The quantitative estimate of drug-likeness (QED) is 0.328. The molecule has 0 bridgehead atoms. The summed E-state index contributed by atoms with van der Waals surface area (Å²) in [5, 5.41) is 5.45. The van der Waals surface area contributed by atoms with E-state index in [9.17, 15) is 22.8 Å². The summed E-state index contributed by atoms with van der Waals surface area (Å²) in [5.41, 5.74) is 0.0829. The van der Waals surface area contributed by atoms with Gasteiger partial charge in [-0.2, -0.15) is 13.2 Å². The predicted octanol–water partition coefficient (Wildman–Crippen LogP) is 5.22. The van der Waals surface area contributed by atoms with Gasteiger partial charge in [-0.25, -0.2) is 15.0 Å². The maximum Gasteiger partial charge on any atom is 0.416 e. The fourth-order valence-corrected chi connectivity index (χ4v) is 3.24. The summed E-state index contributed by atoms with van der Waals surface area (Å²) in [4.78, 5) is 36.4. The zero-order valence-electron chi connectivity index (χ0n) is 19.2. The van der Waals surface area contributed by atoms with E-state index in [4.69, 9.17) is 9.47 Å². The van der Waals surface area contributed by atoms with Crippen molar-refractivity contribution in [2.45, 2.75) is 6.18 Å². The van der Waals surface area contributed by atoms with Crippen LogP contribution in [-0.4, -0.2) is 33.9 Å². The van der Waals surface area contributed by atoms with Gasteiger partial charge >= 0.3 is 6.18 Å². The summed E-state index contributed by atoms with van der Waals surface area (Å²) < 4.78 is 49.8. The van der Waals surface area contributed by atoms with Gasteiger partial charge in [0.15, 0.2) is 0 Å². The van der Waals surface area contributed by atoms with Crippen LogP contribution in [0.15, 0.2) is 73.7 Å². The topological polar surface area (TPSA) is 115 Å². The first-order valence-corrected chi connectivity index (χ1v) is 10.6. The van der Waals surface area contributed by atoms with Crippen LogP contribution in [0.5, 0.6) is 17.4 Å². The van der Waals surface area contributed by atoms with Crippen LogP contribution in [0.25, 0.3) is 10.9 Å². The third-order valence-electron chi connectivity index (χ3n) is 5.02. The van der Waals surface area contributed by atoms with Gasteiger partial charge in [0, 0.05) is 17.8 Å². The van der Waals surface area contributed by atoms with Gasteiger partial charge in [-0.15, -0.1) is 0 Å². The number of halogens is 3. The Morgan fingerprint density at radius 3 is 2.43 bits per heavy atom. The Balaban J connectivity index is 1.54. The molecular weight excluding hydrogens is 491 g/mol. The van der Waals surface area contributed by atoms with Crippen molar-refractivity contribution < 1.29 is 32.2 Å². The lowest BCUT2D eigenvalue weighted by molar-refractivity contribution is -0.137. The predicted molar refractivity (Wildman–Crippen MR) is 129 cm³/mol. The van der Waals surface area contributed by atoms with Crippen molar-refractivity contribution in [3.8, 4) is 17.4 Å². The van der Waals surface area contributed by atoms with Gasteiger partial charge in [0.1, 0.15) is 23.6 Å². The highest BCUT2D eigenvalue weighted by Crippen LogP contribution is 2.35. The van der Waals surface area contributed by atoms with Crippen molar-refractivity contribution in [2.75, 3.05) is 17.7 Å². The molecule has 0 atom stereocenters. The van der Waals surface area contributed by atoms with Gasteiger partial charge < -0.3 is 20.1 Å². The molecule has 0 radical (unpaired) electrons. The van der Waals surface area contributed by atoms with Crippen molar-refractivity contribution in [1.82, 2.24) is 15.0 Å². The van der Waals surface area contributed by atoms with Crippen molar-refractivity contribution in [1.29, 1.82) is 0 Å². The molecule has 2 aromatic heterocycles. The number of methoxy groups -OCH3 is 1. The Morgan fingerprint density at radius 2 is 1.76 bits per heavy atom. The standard InChI is InChI=1S/C25H18F3N5O4/c1-3-22(34)32-19-11-17-18(12-20(19)36-2)30-13-31-24(17)37-16-6-4-14(5-7-16)23(35)33-21-10-15(8-9-29-21)25(26,27)28/h3-13H,1H2,2H3,(H,32,34)(H,29,33,35). The van der Waals surface area contributed by atoms with Crippen LogP contribution in [-0.2, 0) is 11.0 Å². The SMILES string of the molecule is C=CC(=O)Nc1cc2c(Oc3ccc(C(=O)Nc4cc(C(F)(F)F)ccn4)cc3)ncnc2cc1OC. The summed E-state index contributed by atoms with van der Waals surface area (Å²) in [5.74, 6) is -0.458. The van der Waals surface area contributed by atoms with Crippen LogP contribution in [0.3, 0.4) is 0 Å². The fourth-order valence-electron chi connectivity index (χ4n) is 3.24. The van der Waals surface area contributed by atoms with Crippen LogP contribution >= 0.6 is 0 Å². The van der Waals surface area contributed by atoms with E-state index in [2.05, 4.69) is 32.2 Å². The molecule has 0 saturated carbocycles. The second kappa shape index (κ2) is 10.3. The second-order valence-corrected chi connectivity index (χ2v) is 7.45. The number of alkyl halides is 3. The molecule has 2 amide bonds. The van der Waals surface area contributed by atoms with E-state index < -0.39 is 23.6 Å². The molecule has 12 heteroatoms. The molecule has 0 aliphatic rings. The van der Waals surface area contributed by atoms with Crippen LogP contribution in [0.2, 0.25) is 0 Å². The Morgan fingerprint density at radius 1 is 1.00 bits per heavy atom. The number of nitrogens with zero attached hydrogens (tertiary/aromatic N) is 3. The smallest absolute Gasteiger partial charge is 0.416 e. The summed E-state index contributed by atoms with van der Waals surface area (Å²) in [6.07, 6.45) is -1.19. The molecule has 0 saturated heterocycles. The van der Waals surface area contributed by atoms with E-state index in [1.165, 1.54) is 37.7 Å². The molecule has 9 nitrogen and oxygen atoms in total. The van der Waals surface area contributed by atoms with Gasteiger partial charge in [0.2, 0.25) is 11.8 Å². The van der Waals surface area contributed by atoms with Crippen LogP contribution in [0.4, 0.5) is 24.7 Å². The van der Waals surface area contributed by atoms with Gasteiger partial charge in [0.25, 0.3) is 5.91 Å². The molecule has 2 heterocycles. The largest absolute Gasteiger partial charge is 0.494 e. The number of ether oxygens (including phenoxy) is 2. The van der Waals surface area contributed by atoms with E-state index in [0.29, 0.717) is 28.1 Å². The number of fused-ring (bicyclic) bond motifs is 1. The highest BCUT2D eigenvalue weighted by atomic mass is 19.4. The highest BCUT2D eigenvalue weighted by molar-refractivity contribution is 6.04. The average molecular weight is 509 g/mol. The molecule has 0 fully saturated rings. The minimum Gasteiger partial charge on any atom is -0.494 e. The molecule has 4 aromatic rings. The highest BCUT2D eigenvalue weighted by Gasteiger charge is 2.30. The van der Waals surface area contributed by atoms with Crippen molar-refractivity contribution in [3.63, 3.8) is 0 Å². The number of rotatable bonds is 7. The molecule has 0 spiro atoms. The number of amides is 2. The van der Waals surface area contributed by atoms with Crippen LogP contribution < -0.4 is 20.1 Å². The lowest BCUT2D eigenvalue weighted by Crippen LogP contribution is -2.14. The van der Waals surface area contributed by atoms with Gasteiger partial charge in [-0.05, 0) is 48.5 Å². The molecule has 0 aliphatic heterocycles. The minimum absolute atomic E-state index is 0.165. The van der Waals surface area contributed by atoms with Crippen molar-refractivity contribution in [2.24, 2.45) is 0 Å². The first-order chi connectivity index (χ1) is 17.7. The normalized spacial score (nSPS) is 11.0. The second-order valence-electron chi connectivity index (χ2n) is 7.45. The van der Waals surface area contributed by atoms with Crippen molar-refractivity contribution in [3.05, 3.63) is 84.8 Å². The third kappa shape index (κ3) is 5.81. The lowest BCUT2D eigenvalue weighted by Gasteiger charge is -2.13. The number of carbonyl (C=O) groups excluding carboxylic acids is 2. The molecular formula is C25H18F3N5O4. The monoisotopic (exact) mass is 509 g/mol. The summed E-state index contributed by atoms with van der Waals surface area (Å²) >= 11 is 0. The van der Waals surface area contributed by atoms with Crippen LogP contribution in [0, 0.1) is 0 Å². The number of carbonyl (C=O) groups is 2. The third-order valence-corrected chi connectivity index (χ3v) is 5.02. The summed E-state index contributed by atoms with van der Waals surface area (Å²) in [6, 6.07) is 10.6. The maximum absolute atomic E-state index is 12.9. The molecule has 0 unspecified atom stereocenters.